The summed E-state index contributed by atoms with van der Waals surface area (Å²) < 4.78 is 22.1. The fraction of sp³-hybridized carbons (Fsp3) is 0.500. The third kappa shape index (κ3) is 5.59. The molecule has 142 valence electrons. The Labute approximate surface area is 154 Å². The van der Waals surface area contributed by atoms with Gasteiger partial charge >= 0.3 is 11.9 Å². The van der Waals surface area contributed by atoms with Crippen molar-refractivity contribution in [3.05, 3.63) is 42.0 Å². The van der Waals surface area contributed by atoms with E-state index in [-0.39, 0.29) is 12.0 Å². The van der Waals surface area contributed by atoms with Gasteiger partial charge in [0.05, 0.1) is 0 Å². The van der Waals surface area contributed by atoms with Crippen molar-refractivity contribution in [1.82, 2.24) is 0 Å². The Morgan fingerprint density at radius 1 is 1.08 bits per heavy atom. The number of benzene rings is 1. The normalized spacial score (nSPS) is 22.6. The number of carbonyl (C=O) groups is 2. The molecule has 0 unspecified atom stereocenters. The molecule has 3 atom stereocenters. The Morgan fingerprint density at radius 3 is 2.38 bits per heavy atom. The molecule has 0 N–H and O–H groups in total. The maximum absolute atomic E-state index is 11.3. The Balaban J connectivity index is 2.16. The van der Waals surface area contributed by atoms with Crippen LogP contribution in [0, 0.1) is 0 Å². The number of carbonyl (C=O) groups excluding carboxylic acids is 2. The van der Waals surface area contributed by atoms with Crippen LogP contribution in [-0.4, -0.2) is 37.0 Å². The topological polar surface area (TPSA) is 71.1 Å². The molecule has 1 aromatic carbocycles. The van der Waals surface area contributed by atoms with Crippen LogP contribution in [0.3, 0.4) is 0 Å². The van der Waals surface area contributed by atoms with E-state index >= 15 is 0 Å². The fourth-order valence-corrected chi connectivity index (χ4v) is 2.64. The standard InChI is InChI=1S/C20H26O6/c1-13(21)23-12-18-17(24-14(2)22)10-11-19(26-18)25-16-9-7-6-8-15(16)20(3,4)5/h6-11,17-19H,12H2,1-5H3/t17-,18+,19-/m0/s1. The lowest BCUT2D eigenvalue weighted by Crippen LogP contribution is -2.43. The molecule has 0 amide bonds. The highest BCUT2D eigenvalue weighted by atomic mass is 16.7. The molecule has 6 nitrogen and oxygen atoms in total. The first-order valence-corrected chi connectivity index (χ1v) is 8.57. The SMILES string of the molecule is CC(=O)OC[C@H]1O[C@H](Oc2ccccc2C(C)(C)C)C=C[C@@H]1OC(C)=O. The maximum atomic E-state index is 11.3. The summed E-state index contributed by atoms with van der Waals surface area (Å²) in [6, 6.07) is 7.76. The van der Waals surface area contributed by atoms with Crippen molar-refractivity contribution in [3.8, 4) is 5.75 Å². The summed E-state index contributed by atoms with van der Waals surface area (Å²) in [7, 11) is 0. The van der Waals surface area contributed by atoms with Gasteiger partial charge in [-0.2, -0.15) is 0 Å². The van der Waals surface area contributed by atoms with Crippen molar-refractivity contribution < 1.29 is 28.5 Å². The minimum absolute atomic E-state index is 0.0294. The average molecular weight is 362 g/mol. The average Bonchev–Trinajstić information content (AvgIpc) is 2.54. The highest BCUT2D eigenvalue weighted by Gasteiger charge is 2.32. The molecular formula is C20H26O6. The third-order valence-corrected chi connectivity index (χ3v) is 3.82. The number of esters is 2. The van der Waals surface area contributed by atoms with Crippen LogP contribution in [-0.2, 0) is 29.2 Å². The maximum Gasteiger partial charge on any atom is 0.303 e. The summed E-state index contributed by atoms with van der Waals surface area (Å²) >= 11 is 0. The van der Waals surface area contributed by atoms with Gasteiger partial charge in [-0.15, -0.1) is 0 Å². The highest BCUT2D eigenvalue weighted by molar-refractivity contribution is 5.66. The van der Waals surface area contributed by atoms with Gasteiger partial charge in [-0.05, 0) is 29.2 Å². The van der Waals surface area contributed by atoms with E-state index in [9.17, 15) is 9.59 Å². The van der Waals surface area contributed by atoms with E-state index in [2.05, 4.69) is 20.8 Å². The van der Waals surface area contributed by atoms with Gasteiger partial charge in [0.1, 0.15) is 24.6 Å². The lowest BCUT2D eigenvalue weighted by molar-refractivity contribution is -0.178. The second-order valence-electron chi connectivity index (χ2n) is 7.17. The lowest BCUT2D eigenvalue weighted by Gasteiger charge is -2.32. The first-order chi connectivity index (χ1) is 12.2. The number of hydrogen-bond acceptors (Lipinski definition) is 6. The molecular weight excluding hydrogens is 336 g/mol. The van der Waals surface area contributed by atoms with Crippen molar-refractivity contribution in [1.29, 1.82) is 0 Å². The first kappa shape index (κ1) is 20.0. The Morgan fingerprint density at radius 2 is 1.77 bits per heavy atom. The molecule has 6 heteroatoms. The summed E-state index contributed by atoms with van der Waals surface area (Å²) in [5.41, 5.74) is 0.961. The second kappa shape index (κ2) is 8.36. The summed E-state index contributed by atoms with van der Waals surface area (Å²) in [4.78, 5) is 22.4. The quantitative estimate of drug-likeness (QED) is 0.592. The van der Waals surface area contributed by atoms with Crippen LogP contribution in [0.15, 0.2) is 36.4 Å². The van der Waals surface area contributed by atoms with Crippen LogP contribution in [0.1, 0.15) is 40.2 Å². The van der Waals surface area contributed by atoms with Gasteiger partial charge in [-0.1, -0.05) is 39.0 Å². The van der Waals surface area contributed by atoms with E-state index in [1.807, 2.05) is 24.3 Å². The van der Waals surface area contributed by atoms with Crippen LogP contribution in [0.4, 0.5) is 0 Å². The Hall–Kier alpha value is -2.34. The second-order valence-corrected chi connectivity index (χ2v) is 7.17. The van der Waals surface area contributed by atoms with Gasteiger partial charge in [0.2, 0.25) is 6.29 Å². The van der Waals surface area contributed by atoms with Gasteiger partial charge in [-0.3, -0.25) is 9.59 Å². The minimum atomic E-state index is -0.675. The van der Waals surface area contributed by atoms with Crippen LogP contribution in [0.5, 0.6) is 5.75 Å². The Kier molecular flexibility index (Phi) is 6.42. The molecule has 0 bridgehead atoms. The van der Waals surface area contributed by atoms with E-state index < -0.39 is 30.4 Å². The molecule has 1 heterocycles. The molecule has 0 aliphatic carbocycles. The Bertz CT molecular complexity index is 673. The lowest BCUT2D eigenvalue weighted by atomic mass is 9.86. The minimum Gasteiger partial charge on any atom is -0.463 e. The van der Waals surface area contributed by atoms with Crippen molar-refractivity contribution in [2.75, 3.05) is 6.61 Å². The monoisotopic (exact) mass is 362 g/mol. The van der Waals surface area contributed by atoms with Gasteiger partial charge in [-0.25, -0.2) is 0 Å². The molecule has 0 radical (unpaired) electrons. The predicted octanol–water partition coefficient (Wildman–Crippen LogP) is 3.14. The summed E-state index contributed by atoms with van der Waals surface area (Å²) in [6.07, 6.45) is 1.44. The van der Waals surface area contributed by atoms with Gasteiger partial charge in [0.25, 0.3) is 0 Å². The summed E-state index contributed by atoms with van der Waals surface area (Å²) in [5, 5.41) is 0. The third-order valence-electron chi connectivity index (χ3n) is 3.82. The fourth-order valence-electron chi connectivity index (χ4n) is 2.64. The largest absolute Gasteiger partial charge is 0.463 e. The summed E-state index contributed by atoms with van der Waals surface area (Å²) in [6.45, 7) is 8.91. The van der Waals surface area contributed by atoms with Crippen molar-refractivity contribution in [2.45, 2.75) is 58.5 Å². The van der Waals surface area contributed by atoms with Gasteiger partial charge in [0.15, 0.2) is 0 Å². The van der Waals surface area contributed by atoms with Gasteiger partial charge in [0, 0.05) is 13.8 Å². The first-order valence-electron chi connectivity index (χ1n) is 8.57. The molecule has 0 fully saturated rings. The zero-order chi connectivity index (χ0) is 19.3. The highest BCUT2D eigenvalue weighted by Crippen LogP contribution is 2.32. The number of hydrogen-bond donors (Lipinski definition) is 0. The number of para-hydroxylation sites is 1. The van der Waals surface area contributed by atoms with Gasteiger partial charge < -0.3 is 18.9 Å². The molecule has 2 rings (SSSR count). The van der Waals surface area contributed by atoms with Crippen LogP contribution >= 0.6 is 0 Å². The zero-order valence-electron chi connectivity index (χ0n) is 15.9. The van der Waals surface area contributed by atoms with E-state index in [1.54, 1.807) is 12.2 Å². The van der Waals surface area contributed by atoms with Crippen molar-refractivity contribution in [2.24, 2.45) is 0 Å². The number of ether oxygens (including phenoxy) is 4. The van der Waals surface area contributed by atoms with Crippen LogP contribution < -0.4 is 4.74 Å². The molecule has 1 aromatic rings. The molecule has 1 aliphatic rings. The van der Waals surface area contributed by atoms with Crippen LogP contribution in [0.25, 0.3) is 0 Å². The van der Waals surface area contributed by atoms with Crippen molar-refractivity contribution >= 4 is 11.9 Å². The molecule has 26 heavy (non-hydrogen) atoms. The van der Waals surface area contributed by atoms with E-state index in [1.165, 1.54) is 13.8 Å². The van der Waals surface area contributed by atoms with E-state index in [4.69, 9.17) is 18.9 Å². The van der Waals surface area contributed by atoms with E-state index in [0.717, 1.165) is 5.56 Å². The molecule has 0 spiro atoms. The predicted molar refractivity (Wildman–Crippen MR) is 95.8 cm³/mol. The number of rotatable bonds is 5. The molecule has 0 aromatic heterocycles. The van der Waals surface area contributed by atoms with E-state index in [0.29, 0.717) is 5.75 Å². The smallest absolute Gasteiger partial charge is 0.303 e. The van der Waals surface area contributed by atoms with Crippen LogP contribution in [0.2, 0.25) is 0 Å². The summed E-state index contributed by atoms with van der Waals surface area (Å²) in [5.74, 6) is -0.152. The molecule has 0 saturated carbocycles. The molecule has 0 saturated heterocycles. The molecule has 1 aliphatic heterocycles. The van der Waals surface area contributed by atoms with Crippen molar-refractivity contribution in [3.63, 3.8) is 0 Å². The zero-order valence-corrected chi connectivity index (χ0v) is 15.9.